The molecule has 0 spiro atoms. The van der Waals surface area contributed by atoms with Gasteiger partial charge in [-0.3, -0.25) is 14.4 Å². The van der Waals surface area contributed by atoms with Crippen molar-refractivity contribution in [3.05, 3.63) is 0 Å². The molecule has 55 heavy (non-hydrogen) atoms. The molecule has 2 amide bonds. The highest BCUT2D eigenvalue weighted by molar-refractivity contribution is 5.83. The van der Waals surface area contributed by atoms with Crippen LogP contribution in [0.15, 0.2) is 0 Å². The van der Waals surface area contributed by atoms with Crippen LogP contribution in [0.25, 0.3) is 0 Å². The number of ether oxygens (including phenoxy) is 1. The van der Waals surface area contributed by atoms with Crippen molar-refractivity contribution in [1.82, 2.24) is 25.5 Å². The molecule has 1 heterocycles. The fourth-order valence-electron chi connectivity index (χ4n) is 13.0. The molecule has 4 N–H and O–H groups in total. The zero-order chi connectivity index (χ0) is 39.8. The van der Waals surface area contributed by atoms with Gasteiger partial charge in [-0.2, -0.15) is 5.06 Å². The fraction of sp³-hybridized carbons (Fsp3) is 0.955. The molecule has 6 aliphatic carbocycles. The summed E-state index contributed by atoms with van der Waals surface area (Å²) in [5.41, 5.74) is 0.318. The topological polar surface area (TPSA) is 127 Å². The average molecular weight is 774 g/mol. The third-order valence-electron chi connectivity index (χ3n) is 16.3. The molecule has 2 bridgehead atoms. The number of nitrogens with one attached hydrogen (secondary N) is 2. The molecule has 7 aliphatic rings. The van der Waals surface area contributed by atoms with Crippen molar-refractivity contribution in [1.29, 1.82) is 0 Å². The Morgan fingerprint density at radius 2 is 1.69 bits per heavy atom. The van der Waals surface area contributed by atoms with Crippen LogP contribution in [0, 0.1) is 58.7 Å². The smallest absolute Gasteiger partial charge is 0.240 e. The highest BCUT2D eigenvalue weighted by Gasteiger charge is 2.58. The summed E-state index contributed by atoms with van der Waals surface area (Å²) in [4.78, 5) is 39.6. The normalized spacial score (nSPS) is 40.8. The second kappa shape index (κ2) is 18.3. The first-order valence-electron chi connectivity index (χ1n) is 22.3. The van der Waals surface area contributed by atoms with E-state index in [0.717, 1.165) is 51.5 Å². The number of hydrogen-bond donors (Lipinski definition) is 4. The molecular formula is C44H79N5O6. The van der Waals surface area contributed by atoms with Gasteiger partial charge in [0.05, 0.1) is 18.8 Å². The quantitative estimate of drug-likeness (QED) is 0.201. The van der Waals surface area contributed by atoms with E-state index in [1.165, 1.54) is 38.5 Å². The van der Waals surface area contributed by atoms with Gasteiger partial charge in [0.1, 0.15) is 12.1 Å². The van der Waals surface area contributed by atoms with Gasteiger partial charge >= 0.3 is 0 Å². The molecule has 316 valence electrons. The number of aliphatic hydroxyl groups is 2. The standard InChI is InChI=1S/C44H79N5O6/c1-26-35-21-32(44(35,3)4)22-36(26)45-43(53)40-39(27(2)51)38(25-50)55-49(40)23-29-16-13-17-34(41(29)54-9)30-18-31(20-33(19-30)48(7)8)42(52)46-37(24-47(5)6)28-14-11-10-12-15-28/h26-41,50-51H,10-25H2,1-9H3,(H,45,53)(H,46,52)/t26-,27-,29?,30?,31?,32+,33?,34?,35-,36-,37+,38-,39+,40-,41?/m0/s1. The molecule has 0 aromatic rings. The lowest BCUT2D eigenvalue weighted by Gasteiger charge is -2.62. The molecule has 7 rings (SSSR count). The first-order valence-corrected chi connectivity index (χ1v) is 22.3. The van der Waals surface area contributed by atoms with Crippen LogP contribution in [0.4, 0.5) is 0 Å². The number of nitrogens with zero attached hydrogens (tertiary/aromatic N) is 3. The maximum absolute atomic E-state index is 14.4. The molecule has 0 radical (unpaired) electrons. The minimum Gasteiger partial charge on any atom is -0.394 e. The Kier molecular flexibility index (Phi) is 14.4. The SMILES string of the molecule is COC1C(CN2O[C@@H](CO)[C@@H]([C@H](C)O)[C@H]2C(=O)N[C@H]2C[C@H]3C[C@@H]([C@@H]2C)C3(C)C)CCCC1C1CC(C(=O)N[C@H](CN(C)C)C2CCCCC2)CC(N(C)C)C1. The van der Waals surface area contributed by atoms with Crippen LogP contribution < -0.4 is 10.6 Å². The number of rotatable bonds is 14. The van der Waals surface area contributed by atoms with Crippen LogP contribution in [-0.2, 0) is 19.2 Å². The summed E-state index contributed by atoms with van der Waals surface area (Å²) in [6.07, 6.45) is 12.7. The number of hydroxylamine groups is 2. The van der Waals surface area contributed by atoms with Crippen molar-refractivity contribution in [2.24, 2.45) is 58.7 Å². The number of amides is 2. The number of methoxy groups -OCH3 is 1. The van der Waals surface area contributed by atoms with Gasteiger partial charge in [-0.1, -0.05) is 46.5 Å². The summed E-state index contributed by atoms with van der Waals surface area (Å²) in [5.74, 6) is 2.41. The van der Waals surface area contributed by atoms with E-state index in [1.807, 2.05) is 7.11 Å². The highest BCUT2D eigenvalue weighted by atomic mass is 16.7. The van der Waals surface area contributed by atoms with Crippen molar-refractivity contribution >= 4 is 11.8 Å². The Labute approximate surface area is 333 Å². The van der Waals surface area contributed by atoms with Crippen molar-refractivity contribution < 1.29 is 29.4 Å². The summed E-state index contributed by atoms with van der Waals surface area (Å²) in [6.45, 7) is 9.84. The molecule has 0 aromatic carbocycles. The van der Waals surface area contributed by atoms with E-state index < -0.39 is 24.2 Å². The lowest BCUT2D eigenvalue weighted by atomic mass is 9.45. The summed E-state index contributed by atoms with van der Waals surface area (Å²) in [7, 11) is 10.4. The van der Waals surface area contributed by atoms with Crippen molar-refractivity contribution in [2.75, 3.05) is 55.0 Å². The minimum atomic E-state index is -0.824. The Balaban J connectivity index is 1.16. The molecule has 6 saturated carbocycles. The monoisotopic (exact) mass is 774 g/mol. The van der Waals surface area contributed by atoms with Gasteiger partial charge in [-0.05, 0) is 134 Å². The third-order valence-corrected chi connectivity index (χ3v) is 16.3. The van der Waals surface area contributed by atoms with E-state index >= 15 is 0 Å². The number of hydrogen-bond acceptors (Lipinski definition) is 9. The number of fused-ring (bicyclic) bond motifs is 2. The van der Waals surface area contributed by atoms with Crippen molar-refractivity contribution in [3.8, 4) is 0 Å². The lowest BCUT2D eigenvalue weighted by molar-refractivity contribution is -0.193. The number of likely N-dealkylation sites (N-methyl/N-ethyl adjacent to an activating group) is 1. The maximum Gasteiger partial charge on any atom is 0.240 e. The second-order valence-electron chi connectivity index (χ2n) is 20.4. The number of carbonyl (C=O) groups is 2. The average Bonchev–Trinajstić information content (AvgIpc) is 3.53. The molecular weight excluding hydrogens is 695 g/mol. The van der Waals surface area contributed by atoms with E-state index in [-0.39, 0.29) is 54.4 Å². The van der Waals surface area contributed by atoms with E-state index in [2.05, 4.69) is 69.4 Å². The van der Waals surface area contributed by atoms with Crippen molar-refractivity contribution in [3.63, 3.8) is 0 Å². The predicted molar refractivity (Wildman–Crippen MR) is 216 cm³/mol. The largest absolute Gasteiger partial charge is 0.394 e. The summed E-state index contributed by atoms with van der Waals surface area (Å²) in [5, 5.41) is 30.3. The molecule has 7 fully saturated rings. The Morgan fingerprint density at radius 3 is 2.29 bits per heavy atom. The molecule has 1 aliphatic heterocycles. The first-order chi connectivity index (χ1) is 26.1. The zero-order valence-corrected chi connectivity index (χ0v) is 35.9. The summed E-state index contributed by atoms with van der Waals surface area (Å²) >= 11 is 0. The Bertz CT molecular complexity index is 1270. The maximum atomic E-state index is 14.4. The van der Waals surface area contributed by atoms with Crippen molar-refractivity contribution in [2.45, 2.75) is 154 Å². The second-order valence-corrected chi connectivity index (χ2v) is 20.4. The number of aliphatic hydroxyl groups excluding tert-OH is 2. The lowest BCUT2D eigenvalue weighted by Crippen LogP contribution is -2.62. The zero-order valence-electron chi connectivity index (χ0n) is 35.9. The Hall–Kier alpha value is -1.34. The fourth-order valence-corrected chi connectivity index (χ4v) is 13.0. The van der Waals surface area contributed by atoms with Crippen LogP contribution in [-0.4, -0.2) is 134 Å². The Morgan fingerprint density at radius 1 is 0.964 bits per heavy atom. The van der Waals surface area contributed by atoms with Gasteiger partial charge in [0.2, 0.25) is 11.8 Å². The minimum absolute atomic E-state index is 0.0387. The van der Waals surface area contributed by atoms with Gasteiger partial charge in [-0.25, -0.2) is 0 Å². The van der Waals surface area contributed by atoms with Gasteiger partial charge in [0.25, 0.3) is 0 Å². The summed E-state index contributed by atoms with van der Waals surface area (Å²) in [6, 6.07) is -0.0972. The van der Waals surface area contributed by atoms with Gasteiger partial charge in [-0.15, -0.1) is 0 Å². The van der Waals surface area contributed by atoms with E-state index in [0.29, 0.717) is 47.6 Å². The van der Waals surface area contributed by atoms with Gasteiger partial charge in [0.15, 0.2) is 0 Å². The van der Waals surface area contributed by atoms with Crippen LogP contribution >= 0.6 is 0 Å². The highest BCUT2D eigenvalue weighted by Crippen LogP contribution is 2.61. The van der Waals surface area contributed by atoms with Crippen LogP contribution in [0.2, 0.25) is 0 Å². The number of carbonyl (C=O) groups excluding carboxylic acids is 2. The molecule has 6 unspecified atom stereocenters. The molecule has 15 atom stereocenters. The van der Waals surface area contributed by atoms with E-state index in [9.17, 15) is 19.8 Å². The van der Waals surface area contributed by atoms with Crippen LogP contribution in [0.3, 0.4) is 0 Å². The molecule has 11 nitrogen and oxygen atoms in total. The summed E-state index contributed by atoms with van der Waals surface area (Å²) < 4.78 is 6.45. The first kappa shape index (κ1) is 43.2. The van der Waals surface area contributed by atoms with Crippen LogP contribution in [0.1, 0.15) is 111 Å². The third kappa shape index (κ3) is 9.28. The van der Waals surface area contributed by atoms with Crippen LogP contribution in [0.5, 0.6) is 0 Å². The molecule has 11 heteroatoms. The molecule has 1 saturated heterocycles. The molecule has 0 aromatic heterocycles. The van der Waals surface area contributed by atoms with Gasteiger partial charge in [0, 0.05) is 56.1 Å². The van der Waals surface area contributed by atoms with E-state index in [4.69, 9.17) is 9.57 Å². The van der Waals surface area contributed by atoms with E-state index in [1.54, 1.807) is 12.0 Å². The predicted octanol–water partition coefficient (Wildman–Crippen LogP) is 4.55. The van der Waals surface area contributed by atoms with Gasteiger partial charge < -0.3 is 35.4 Å².